The van der Waals surface area contributed by atoms with Crippen LogP contribution < -0.4 is 20.5 Å². The van der Waals surface area contributed by atoms with E-state index in [1.54, 1.807) is 41.3 Å². The van der Waals surface area contributed by atoms with Crippen molar-refractivity contribution < 1.29 is 14.3 Å². The monoisotopic (exact) mass is 483 g/mol. The fourth-order valence-electron chi connectivity index (χ4n) is 3.52. The molecule has 0 unspecified atom stereocenters. The highest BCUT2D eigenvalue weighted by Crippen LogP contribution is 2.26. The minimum absolute atomic E-state index is 0.0533. The van der Waals surface area contributed by atoms with E-state index >= 15 is 0 Å². The Labute approximate surface area is 202 Å². The first-order valence-corrected chi connectivity index (χ1v) is 11.2. The predicted octanol–water partition coefficient (Wildman–Crippen LogP) is 5.38. The maximum absolute atomic E-state index is 12.6. The quantitative estimate of drug-likeness (QED) is 0.442. The molecule has 3 aromatic rings. The zero-order chi connectivity index (χ0) is 23.4. The number of hydrogen-bond donors (Lipinski definition) is 2. The van der Waals surface area contributed by atoms with E-state index < -0.39 is 5.92 Å². The topological polar surface area (TPSA) is 70.7 Å². The van der Waals surface area contributed by atoms with Crippen molar-refractivity contribution in [2.75, 3.05) is 16.9 Å². The largest absolute Gasteiger partial charge is 0.489 e. The number of rotatable bonds is 7. The third-order valence-electron chi connectivity index (χ3n) is 5.42. The number of carbonyl (C=O) groups is 2. The minimum Gasteiger partial charge on any atom is -0.489 e. The molecule has 0 radical (unpaired) electrons. The average Bonchev–Trinajstić information content (AvgIpc) is 3.21. The SMILES string of the molecule is Cc1ccc(N2C[C@H](C(=O)NNc3ccc(OCc4ccc(Cl)c(Cl)c4)cc3)CC2=O)cc1. The van der Waals surface area contributed by atoms with Crippen molar-refractivity contribution in [1.29, 1.82) is 0 Å². The molecule has 33 heavy (non-hydrogen) atoms. The highest BCUT2D eigenvalue weighted by Gasteiger charge is 2.35. The van der Waals surface area contributed by atoms with E-state index in [4.69, 9.17) is 27.9 Å². The van der Waals surface area contributed by atoms with Gasteiger partial charge < -0.3 is 9.64 Å². The third-order valence-corrected chi connectivity index (χ3v) is 6.15. The molecule has 4 rings (SSSR count). The summed E-state index contributed by atoms with van der Waals surface area (Å²) in [7, 11) is 0. The first-order valence-electron chi connectivity index (χ1n) is 10.5. The Morgan fingerprint density at radius 1 is 1.03 bits per heavy atom. The molecular formula is C25H23Cl2N3O3. The summed E-state index contributed by atoms with van der Waals surface area (Å²) in [6.45, 7) is 2.70. The van der Waals surface area contributed by atoms with Gasteiger partial charge in [0.25, 0.3) is 0 Å². The first-order chi connectivity index (χ1) is 15.9. The van der Waals surface area contributed by atoms with Crippen LogP contribution in [0.1, 0.15) is 17.5 Å². The number of hydrogen-bond acceptors (Lipinski definition) is 4. The number of ether oxygens (including phenoxy) is 1. The Bertz CT molecular complexity index is 1150. The molecule has 0 bridgehead atoms. The Kier molecular flexibility index (Phi) is 7.06. The number of hydrazine groups is 1. The number of anilines is 2. The fourth-order valence-corrected chi connectivity index (χ4v) is 3.84. The van der Waals surface area contributed by atoms with Gasteiger partial charge in [0.15, 0.2) is 0 Å². The van der Waals surface area contributed by atoms with E-state index in [-0.39, 0.29) is 18.2 Å². The van der Waals surface area contributed by atoms with Crippen molar-refractivity contribution in [3.63, 3.8) is 0 Å². The van der Waals surface area contributed by atoms with Gasteiger partial charge in [0, 0.05) is 18.7 Å². The molecule has 0 spiro atoms. The average molecular weight is 484 g/mol. The van der Waals surface area contributed by atoms with Crippen LogP contribution >= 0.6 is 23.2 Å². The van der Waals surface area contributed by atoms with Crippen molar-refractivity contribution in [2.24, 2.45) is 5.92 Å². The molecule has 170 valence electrons. The lowest BCUT2D eigenvalue weighted by Crippen LogP contribution is -2.36. The molecular weight excluding hydrogens is 461 g/mol. The first kappa shape index (κ1) is 23.0. The Hall–Kier alpha value is -3.22. The summed E-state index contributed by atoms with van der Waals surface area (Å²) in [5.41, 5.74) is 9.13. The van der Waals surface area contributed by atoms with Crippen molar-refractivity contribution in [3.8, 4) is 5.75 Å². The van der Waals surface area contributed by atoms with Crippen LogP contribution in [0, 0.1) is 12.8 Å². The van der Waals surface area contributed by atoms with Crippen LogP contribution in [-0.2, 0) is 16.2 Å². The molecule has 3 aromatic carbocycles. The number of nitrogens with one attached hydrogen (secondary N) is 2. The van der Waals surface area contributed by atoms with Crippen LogP contribution in [-0.4, -0.2) is 18.4 Å². The van der Waals surface area contributed by atoms with Gasteiger partial charge in [-0.2, -0.15) is 0 Å². The van der Waals surface area contributed by atoms with E-state index in [2.05, 4.69) is 10.9 Å². The van der Waals surface area contributed by atoms with Gasteiger partial charge in [-0.15, -0.1) is 0 Å². The Morgan fingerprint density at radius 2 is 1.76 bits per heavy atom. The number of halogens is 2. The highest BCUT2D eigenvalue weighted by atomic mass is 35.5. The molecule has 0 saturated carbocycles. The summed E-state index contributed by atoms with van der Waals surface area (Å²) in [6, 6.07) is 20.2. The van der Waals surface area contributed by atoms with E-state index in [0.29, 0.717) is 34.6 Å². The Morgan fingerprint density at radius 3 is 2.45 bits per heavy atom. The Balaban J connectivity index is 1.26. The number of carbonyl (C=O) groups excluding carboxylic acids is 2. The third kappa shape index (κ3) is 5.78. The van der Waals surface area contributed by atoms with Crippen molar-refractivity contribution in [1.82, 2.24) is 5.43 Å². The predicted molar refractivity (Wildman–Crippen MR) is 131 cm³/mol. The molecule has 6 nitrogen and oxygen atoms in total. The summed E-state index contributed by atoms with van der Waals surface area (Å²) < 4.78 is 5.76. The molecule has 1 fully saturated rings. The summed E-state index contributed by atoms with van der Waals surface area (Å²) >= 11 is 12.0. The number of nitrogens with zero attached hydrogens (tertiary/aromatic N) is 1. The van der Waals surface area contributed by atoms with Gasteiger partial charge in [-0.1, -0.05) is 47.0 Å². The fraction of sp³-hybridized carbons (Fsp3) is 0.200. The van der Waals surface area contributed by atoms with E-state index in [1.807, 2.05) is 37.3 Å². The number of benzene rings is 3. The molecule has 1 aliphatic heterocycles. The van der Waals surface area contributed by atoms with Gasteiger partial charge in [-0.25, -0.2) is 0 Å². The second kappa shape index (κ2) is 10.1. The van der Waals surface area contributed by atoms with Gasteiger partial charge in [0.2, 0.25) is 11.8 Å². The van der Waals surface area contributed by atoms with Crippen molar-refractivity contribution in [3.05, 3.63) is 87.9 Å². The second-order valence-electron chi connectivity index (χ2n) is 7.92. The second-order valence-corrected chi connectivity index (χ2v) is 8.73. The number of amides is 2. The van der Waals surface area contributed by atoms with Crippen molar-refractivity contribution >= 4 is 46.4 Å². The molecule has 1 aliphatic rings. The molecule has 1 saturated heterocycles. The maximum Gasteiger partial charge on any atom is 0.243 e. The zero-order valence-corrected chi connectivity index (χ0v) is 19.5. The van der Waals surface area contributed by atoms with E-state index in [1.165, 1.54) is 0 Å². The standard InChI is InChI=1S/C25H23Cl2N3O3/c1-16-2-7-20(8-3-16)30-14-18(13-24(30)31)25(32)29-28-19-5-9-21(10-6-19)33-15-17-4-11-22(26)23(27)12-17/h2-12,18,28H,13-15H2,1H3,(H,29,32)/t18-/m1/s1. The molecule has 2 amide bonds. The summed E-state index contributed by atoms with van der Waals surface area (Å²) in [5, 5.41) is 0.988. The summed E-state index contributed by atoms with van der Waals surface area (Å²) in [5.74, 6) is -0.0198. The lowest BCUT2D eigenvalue weighted by atomic mass is 10.1. The van der Waals surface area contributed by atoms with Crippen LogP contribution in [0.2, 0.25) is 10.0 Å². The van der Waals surface area contributed by atoms with Crippen LogP contribution in [0.3, 0.4) is 0 Å². The zero-order valence-electron chi connectivity index (χ0n) is 18.0. The van der Waals surface area contributed by atoms with E-state index in [9.17, 15) is 9.59 Å². The summed E-state index contributed by atoms with van der Waals surface area (Å²) in [4.78, 5) is 26.6. The van der Waals surface area contributed by atoms with Gasteiger partial charge in [-0.3, -0.25) is 20.4 Å². The normalized spacial score (nSPS) is 15.4. The maximum atomic E-state index is 12.6. The minimum atomic E-state index is -0.417. The molecule has 0 aliphatic carbocycles. The number of aryl methyl sites for hydroxylation is 1. The summed E-state index contributed by atoms with van der Waals surface area (Å²) in [6.07, 6.45) is 0.183. The van der Waals surface area contributed by atoms with Gasteiger partial charge in [-0.05, 0) is 61.0 Å². The molecule has 1 heterocycles. The molecule has 2 N–H and O–H groups in total. The lowest BCUT2D eigenvalue weighted by molar-refractivity contribution is -0.125. The van der Waals surface area contributed by atoms with Crippen LogP contribution in [0.5, 0.6) is 5.75 Å². The van der Waals surface area contributed by atoms with Crippen molar-refractivity contribution in [2.45, 2.75) is 20.0 Å². The molecule has 8 heteroatoms. The van der Waals surface area contributed by atoms with Crippen LogP contribution in [0.4, 0.5) is 11.4 Å². The van der Waals surface area contributed by atoms with Gasteiger partial charge in [0.1, 0.15) is 12.4 Å². The van der Waals surface area contributed by atoms with Crippen LogP contribution in [0.25, 0.3) is 0 Å². The lowest BCUT2D eigenvalue weighted by Gasteiger charge is -2.17. The molecule has 0 aromatic heterocycles. The smallest absolute Gasteiger partial charge is 0.243 e. The van der Waals surface area contributed by atoms with Crippen LogP contribution in [0.15, 0.2) is 66.7 Å². The van der Waals surface area contributed by atoms with E-state index in [0.717, 1.165) is 16.8 Å². The van der Waals surface area contributed by atoms with Gasteiger partial charge in [0.05, 0.1) is 21.7 Å². The van der Waals surface area contributed by atoms with Gasteiger partial charge >= 0.3 is 0 Å². The molecule has 1 atom stereocenters. The highest BCUT2D eigenvalue weighted by molar-refractivity contribution is 6.42.